The molecule has 1 aromatic heterocycles. The fourth-order valence-electron chi connectivity index (χ4n) is 1.26. The van der Waals surface area contributed by atoms with Crippen LogP contribution in [0.5, 0.6) is 0 Å². The predicted octanol–water partition coefficient (Wildman–Crippen LogP) is 0.930. The zero-order chi connectivity index (χ0) is 13.4. The lowest BCUT2D eigenvalue weighted by Gasteiger charge is -2.04. The van der Waals surface area contributed by atoms with Crippen LogP contribution in [0.3, 0.4) is 0 Å². The molecule has 0 fully saturated rings. The summed E-state index contributed by atoms with van der Waals surface area (Å²) in [6.45, 7) is 0.611. The second-order valence-corrected chi connectivity index (χ2v) is 3.57. The van der Waals surface area contributed by atoms with Gasteiger partial charge in [-0.2, -0.15) is 0 Å². The van der Waals surface area contributed by atoms with Gasteiger partial charge in [-0.25, -0.2) is 4.79 Å². The summed E-state index contributed by atoms with van der Waals surface area (Å²) < 4.78 is 4.49. The number of anilines is 1. The van der Waals surface area contributed by atoms with Gasteiger partial charge < -0.3 is 15.2 Å². The van der Waals surface area contributed by atoms with Gasteiger partial charge in [-0.3, -0.25) is 4.79 Å². The average molecular weight is 253 g/mol. The van der Waals surface area contributed by atoms with Gasteiger partial charge in [-0.1, -0.05) is 0 Å². The second-order valence-electron chi connectivity index (χ2n) is 3.57. The molecule has 7 heteroatoms. The average Bonchev–Trinajstić information content (AvgIpc) is 2.38. The number of nitrogens with one attached hydrogen (secondary N) is 1. The van der Waals surface area contributed by atoms with E-state index in [4.69, 9.17) is 5.11 Å². The van der Waals surface area contributed by atoms with Gasteiger partial charge in [0.15, 0.2) is 5.69 Å². The topological polar surface area (TPSA) is 101 Å². The van der Waals surface area contributed by atoms with Crippen molar-refractivity contribution in [3.05, 3.63) is 17.8 Å². The normalized spacial score (nSPS) is 9.83. The van der Waals surface area contributed by atoms with Crippen molar-refractivity contribution in [1.82, 2.24) is 10.2 Å². The SMILES string of the molecule is COC(=O)c1ccc(NCCCCC(=O)O)nn1. The number of esters is 1. The number of carbonyl (C=O) groups excluding carboxylic acids is 1. The molecule has 0 saturated heterocycles. The molecule has 0 aliphatic carbocycles. The Bertz CT molecular complexity index is 405. The van der Waals surface area contributed by atoms with Crippen LogP contribution in [-0.4, -0.2) is 40.9 Å². The summed E-state index contributed by atoms with van der Waals surface area (Å²) in [4.78, 5) is 21.4. The Balaban J connectivity index is 2.31. The molecule has 1 rings (SSSR count). The summed E-state index contributed by atoms with van der Waals surface area (Å²) in [5.41, 5.74) is 0.147. The zero-order valence-electron chi connectivity index (χ0n) is 10.0. The molecule has 0 aliphatic rings. The number of methoxy groups -OCH3 is 1. The molecule has 98 valence electrons. The molecule has 0 aromatic carbocycles. The molecular formula is C11H15N3O4. The number of unbranched alkanes of at least 4 members (excludes halogenated alkanes) is 1. The van der Waals surface area contributed by atoms with Crippen LogP contribution in [0.4, 0.5) is 5.82 Å². The van der Waals surface area contributed by atoms with Crippen molar-refractivity contribution >= 4 is 17.8 Å². The van der Waals surface area contributed by atoms with Crippen LogP contribution in [0.25, 0.3) is 0 Å². The largest absolute Gasteiger partial charge is 0.481 e. The maximum atomic E-state index is 11.1. The lowest BCUT2D eigenvalue weighted by atomic mass is 10.2. The highest BCUT2D eigenvalue weighted by atomic mass is 16.5. The highest BCUT2D eigenvalue weighted by Gasteiger charge is 2.07. The standard InChI is InChI=1S/C11H15N3O4/c1-18-11(17)8-5-6-9(14-13-8)12-7-3-2-4-10(15)16/h5-6H,2-4,7H2,1H3,(H,12,14)(H,15,16). The third-order valence-electron chi connectivity index (χ3n) is 2.18. The second kappa shape index (κ2) is 7.21. The first-order chi connectivity index (χ1) is 8.63. The van der Waals surface area contributed by atoms with E-state index in [0.717, 1.165) is 6.42 Å². The number of hydrogen-bond acceptors (Lipinski definition) is 6. The summed E-state index contributed by atoms with van der Waals surface area (Å²) in [5, 5.41) is 18.9. The van der Waals surface area contributed by atoms with E-state index in [9.17, 15) is 9.59 Å². The van der Waals surface area contributed by atoms with Gasteiger partial charge in [-0.15, -0.1) is 10.2 Å². The monoisotopic (exact) mass is 253 g/mol. The number of aliphatic carboxylic acids is 1. The van der Waals surface area contributed by atoms with E-state index in [1.54, 1.807) is 6.07 Å². The molecular weight excluding hydrogens is 238 g/mol. The van der Waals surface area contributed by atoms with E-state index in [-0.39, 0.29) is 12.1 Å². The summed E-state index contributed by atoms with van der Waals surface area (Å²) in [6.07, 6.45) is 1.50. The smallest absolute Gasteiger partial charge is 0.358 e. The van der Waals surface area contributed by atoms with Crippen LogP contribution in [-0.2, 0) is 9.53 Å². The molecule has 7 nitrogen and oxygen atoms in total. The van der Waals surface area contributed by atoms with Crippen LogP contribution in [0, 0.1) is 0 Å². The van der Waals surface area contributed by atoms with Gasteiger partial charge in [-0.05, 0) is 25.0 Å². The molecule has 0 aliphatic heterocycles. The Kier molecular flexibility index (Phi) is 5.56. The van der Waals surface area contributed by atoms with Gasteiger partial charge in [0.05, 0.1) is 7.11 Å². The first-order valence-electron chi connectivity index (χ1n) is 5.51. The molecule has 0 atom stereocenters. The zero-order valence-corrected chi connectivity index (χ0v) is 10.0. The number of rotatable bonds is 7. The van der Waals surface area contributed by atoms with Crippen LogP contribution in [0.1, 0.15) is 29.8 Å². The number of hydrogen-bond donors (Lipinski definition) is 2. The molecule has 1 aromatic rings. The molecule has 0 saturated carbocycles. The van der Waals surface area contributed by atoms with Crippen molar-refractivity contribution in [3.63, 3.8) is 0 Å². The van der Waals surface area contributed by atoms with Gasteiger partial charge in [0.1, 0.15) is 5.82 Å². The Morgan fingerprint density at radius 1 is 1.33 bits per heavy atom. The number of carboxylic acid groups (broad SMARTS) is 1. The van der Waals surface area contributed by atoms with E-state index >= 15 is 0 Å². The molecule has 0 bridgehead atoms. The molecule has 0 amide bonds. The quantitative estimate of drug-likeness (QED) is 0.550. The lowest BCUT2D eigenvalue weighted by Crippen LogP contribution is -2.09. The summed E-state index contributed by atoms with van der Waals surface area (Å²) >= 11 is 0. The number of aromatic nitrogens is 2. The first-order valence-corrected chi connectivity index (χ1v) is 5.51. The van der Waals surface area contributed by atoms with Crippen LogP contribution >= 0.6 is 0 Å². The predicted molar refractivity (Wildman–Crippen MR) is 63.3 cm³/mol. The summed E-state index contributed by atoms with van der Waals surface area (Å²) in [7, 11) is 1.28. The minimum absolute atomic E-state index is 0.147. The molecule has 2 N–H and O–H groups in total. The fraction of sp³-hybridized carbons (Fsp3) is 0.455. The van der Waals surface area contributed by atoms with E-state index in [1.807, 2.05) is 0 Å². The maximum absolute atomic E-state index is 11.1. The van der Waals surface area contributed by atoms with Crippen molar-refractivity contribution in [1.29, 1.82) is 0 Å². The van der Waals surface area contributed by atoms with Crippen molar-refractivity contribution < 1.29 is 19.4 Å². The molecule has 0 spiro atoms. The van der Waals surface area contributed by atoms with E-state index in [0.29, 0.717) is 18.8 Å². The lowest BCUT2D eigenvalue weighted by molar-refractivity contribution is -0.137. The van der Waals surface area contributed by atoms with Gasteiger partial charge in [0, 0.05) is 13.0 Å². The van der Waals surface area contributed by atoms with Crippen LogP contribution < -0.4 is 5.32 Å². The Labute approximate surface area is 104 Å². The first kappa shape index (κ1) is 13.9. The van der Waals surface area contributed by atoms with Crippen molar-refractivity contribution in [3.8, 4) is 0 Å². The number of ether oxygens (including phenoxy) is 1. The molecule has 0 radical (unpaired) electrons. The number of nitrogens with zero attached hydrogens (tertiary/aromatic N) is 2. The Hall–Kier alpha value is -2.18. The van der Waals surface area contributed by atoms with Crippen molar-refractivity contribution in [2.24, 2.45) is 0 Å². The van der Waals surface area contributed by atoms with Gasteiger partial charge in [0.25, 0.3) is 0 Å². The van der Waals surface area contributed by atoms with Crippen molar-refractivity contribution in [2.45, 2.75) is 19.3 Å². The summed E-state index contributed by atoms with van der Waals surface area (Å²) in [5.74, 6) is -0.786. The summed E-state index contributed by atoms with van der Waals surface area (Å²) in [6, 6.07) is 3.13. The highest BCUT2D eigenvalue weighted by molar-refractivity contribution is 5.86. The molecule has 1 heterocycles. The van der Waals surface area contributed by atoms with Crippen LogP contribution in [0.2, 0.25) is 0 Å². The van der Waals surface area contributed by atoms with Gasteiger partial charge >= 0.3 is 11.9 Å². The van der Waals surface area contributed by atoms with Crippen LogP contribution in [0.15, 0.2) is 12.1 Å². The number of carboxylic acids is 1. The third kappa shape index (κ3) is 4.77. The third-order valence-corrected chi connectivity index (χ3v) is 2.18. The van der Waals surface area contributed by atoms with E-state index in [1.165, 1.54) is 13.2 Å². The minimum atomic E-state index is -0.794. The van der Waals surface area contributed by atoms with E-state index in [2.05, 4.69) is 20.3 Å². The number of carbonyl (C=O) groups is 2. The maximum Gasteiger partial charge on any atom is 0.358 e. The minimum Gasteiger partial charge on any atom is -0.481 e. The molecule has 0 unspecified atom stereocenters. The Morgan fingerprint density at radius 3 is 2.67 bits per heavy atom. The Morgan fingerprint density at radius 2 is 2.11 bits per heavy atom. The molecule has 18 heavy (non-hydrogen) atoms. The van der Waals surface area contributed by atoms with Crippen molar-refractivity contribution in [2.75, 3.05) is 19.0 Å². The van der Waals surface area contributed by atoms with Gasteiger partial charge in [0.2, 0.25) is 0 Å². The highest BCUT2D eigenvalue weighted by Crippen LogP contribution is 2.04. The fourth-order valence-corrected chi connectivity index (χ4v) is 1.26. The van der Waals surface area contributed by atoms with E-state index < -0.39 is 11.9 Å².